The van der Waals surface area contributed by atoms with E-state index in [-0.39, 0.29) is 104 Å². The molecule has 1 aliphatic rings. The Labute approximate surface area is 504 Å². The summed E-state index contributed by atoms with van der Waals surface area (Å²) in [6, 6.07) is 18.9. The third-order valence-electron chi connectivity index (χ3n) is 9.63. The highest BCUT2D eigenvalue weighted by molar-refractivity contribution is 6.63. The first-order valence-corrected chi connectivity index (χ1v) is 26.1. The lowest BCUT2D eigenvalue weighted by atomic mass is 10.2. The van der Waals surface area contributed by atoms with Crippen molar-refractivity contribution in [2.75, 3.05) is 46.6 Å². The number of aliphatic hydroxyl groups excluding tert-OH is 2. The highest BCUT2D eigenvalue weighted by Gasteiger charge is 2.31. The number of hydrogen-bond acceptors (Lipinski definition) is 21. The van der Waals surface area contributed by atoms with Crippen molar-refractivity contribution in [2.24, 2.45) is 5.73 Å². The normalized spacial score (nSPS) is 12.9. The Kier molecular flexibility index (Phi) is 51.5. The summed E-state index contributed by atoms with van der Waals surface area (Å²) in [4.78, 5) is 102. The zero-order valence-electron chi connectivity index (χ0n) is 48.6. The molecule has 24 nitrogen and oxygen atoms in total. The Bertz CT molecular complexity index is 2540. The van der Waals surface area contributed by atoms with Crippen molar-refractivity contribution in [2.45, 2.75) is 133 Å². The molecule has 1 heterocycles. The van der Waals surface area contributed by atoms with E-state index in [2.05, 4.69) is 15.4 Å². The van der Waals surface area contributed by atoms with Crippen molar-refractivity contribution >= 4 is 64.5 Å². The number of halogens is 1. The van der Waals surface area contributed by atoms with Gasteiger partial charge in [0.15, 0.2) is 11.9 Å². The van der Waals surface area contributed by atoms with Gasteiger partial charge in [0.25, 0.3) is 11.8 Å². The number of esters is 6. The second kappa shape index (κ2) is 50.8. The Hall–Kier alpha value is -7.68. The first-order valence-electron chi connectivity index (χ1n) is 25.7. The Morgan fingerprint density at radius 2 is 1.07 bits per heavy atom. The molecule has 3 aromatic carbocycles. The van der Waals surface area contributed by atoms with Crippen molar-refractivity contribution < 1.29 is 96.7 Å². The highest BCUT2D eigenvalue weighted by atomic mass is 35.5. The molecular weight excluding hydrogens is 1130 g/mol. The van der Waals surface area contributed by atoms with E-state index in [1.54, 1.807) is 54.6 Å². The van der Waals surface area contributed by atoms with Gasteiger partial charge >= 0.3 is 35.8 Å². The van der Waals surface area contributed by atoms with Crippen molar-refractivity contribution in [1.82, 2.24) is 16.8 Å². The van der Waals surface area contributed by atoms with Gasteiger partial charge in [-0.15, -0.1) is 0 Å². The first-order chi connectivity index (χ1) is 38.5. The van der Waals surface area contributed by atoms with Crippen molar-refractivity contribution in [3.63, 3.8) is 0 Å². The van der Waals surface area contributed by atoms with E-state index in [4.69, 9.17) is 60.7 Å². The number of para-hydroxylation sites is 3. The molecule has 25 heteroatoms. The van der Waals surface area contributed by atoms with Crippen LogP contribution in [0.15, 0.2) is 109 Å². The molecule has 1 saturated heterocycles. The standard InChI is InChI=1S/C24H31NO7.C12H15NO5.C10H10O4.C6H9ClO.C6H13NO2.2CH4.H3N.H2O/c1-4-6-8-14-22(27)30-17-19(32-23(28)15-9-7-5-2)16-25-24(29)20-12-10-11-13-21(20)31-18(3)26;1-8(15)18-11-5-3-2-4-10(11)12(17)13-6-9(16)7-14;1-7(11)14-9-6-4-3-5-8(9)10(12)13-2;1-2-3-4-5-6(7)8;1-6(2)8-4-5(3-7)9-6;;;;/h6-13,19H,4-5,14-17H2,1-3H3,(H,25,29);2-5,9,14,16H,6-7H2,1H3,(H,13,17);3-6H,1-2H3;3-4H,2,5H2,1H3;5H,3-4,7H2,1-2H3;2*1H4;1H3;1H2/b8-6-,9-7-;;;4-3-;;;;;. The van der Waals surface area contributed by atoms with Crippen LogP contribution in [-0.4, -0.2) is 139 Å². The minimum atomic E-state index is -1.02. The number of nitrogens with two attached hydrogens (primary N) is 1. The van der Waals surface area contributed by atoms with Gasteiger partial charge < -0.3 is 76.1 Å². The lowest BCUT2D eigenvalue weighted by Gasteiger charge is -2.18. The number of nitrogens with one attached hydrogen (secondary N) is 2. The predicted molar refractivity (Wildman–Crippen MR) is 322 cm³/mol. The van der Waals surface area contributed by atoms with Crippen LogP contribution in [0.2, 0.25) is 0 Å². The average Bonchev–Trinajstić information content (AvgIpc) is 3.82. The number of carbonyl (C=O) groups excluding carboxylic acids is 9. The number of benzene rings is 3. The molecule has 0 bridgehead atoms. The van der Waals surface area contributed by atoms with Gasteiger partial charge in [0.1, 0.15) is 29.4 Å². The highest BCUT2D eigenvalue weighted by Crippen LogP contribution is 2.22. The third-order valence-corrected chi connectivity index (χ3v) is 9.78. The van der Waals surface area contributed by atoms with Crippen molar-refractivity contribution in [3.05, 3.63) is 126 Å². The van der Waals surface area contributed by atoms with Crippen LogP contribution < -0.4 is 36.7 Å². The van der Waals surface area contributed by atoms with E-state index >= 15 is 0 Å². The fourth-order valence-corrected chi connectivity index (χ4v) is 6.07. The number of rotatable bonds is 24. The quantitative estimate of drug-likeness (QED) is 0.0167. The molecule has 4 rings (SSSR count). The molecule has 85 heavy (non-hydrogen) atoms. The lowest BCUT2D eigenvalue weighted by molar-refractivity contribution is -0.157. The third kappa shape index (κ3) is 41.9. The number of methoxy groups -OCH3 is 1. The van der Waals surface area contributed by atoms with Gasteiger partial charge in [-0.25, -0.2) is 4.79 Å². The number of amides is 2. The van der Waals surface area contributed by atoms with Gasteiger partial charge in [-0.05, 0) is 81.1 Å². The molecule has 1 fully saturated rings. The van der Waals surface area contributed by atoms with E-state index in [0.717, 1.165) is 19.3 Å². The molecule has 3 aromatic rings. The van der Waals surface area contributed by atoms with Gasteiger partial charge in [0.05, 0.1) is 63.0 Å². The Morgan fingerprint density at radius 1 is 0.671 bits per heavy atom. The first kappa shape index (κ1) is 86.1. The van der Waals surface area contributed by atoms with E-state index in [9.17, 15) is 43.2 Å². The minimum Gasteiger partial charge on any atom is -0.465 e. The Balaban J connectivity index is -0.000000341. The number of carbonyl (C=O) groups is 9. The van der Waals surface area contributed by atoms with Crippen LogP contribution in [0.5, 0.6) is 17.2 Å². The van der Waals surface area contributed by atoms with Gasteiger partial charge in [-0.3, -0.25) is 38.4 Å². The SMILES string of the molecule is C.C.CC(=O)Oc1ccccc1C(=O)NCC(O)CO.CC/C=C\CC(=O)Cl.CC/C=C\CC(=O)OCC(CNC(=O)c1ccccc1OC(C)=O)OC(=O)C/C=C\CC.CC1(C)OCC(CN)O1.COC(=O)c1ccccc1OC(C)=O.N.O. The topological polar surface area (TPSA) is 385 Å². The number of allylic oxidation sites excluding steroid dienone is 4. The number of ether oxygens (including phenoxy) is 8. The number of hydrogen-bond donors (Lipinski definition) is 6. The summed E-state index contributed by atoms with van der Waals surface area (Å²) in [6.45, 7) is 13.8. The second-order valence-corrected chi connectivity index (χ2v) is 17.5. The van der Waals surface area contributed by atoms with E-state index in [1.165, 1.54) is 64.3 Å². The number of aliphatic hydroxyl groups is 2. The van der Waals surface area contributed by atoms with Crippen molar-refractivity contribution in [1.29, 1.82) is 0 Å². The molecule has 478 valence electrons. The summed E-state index contributed by atoms with van der Waals surface area (Å²) in [5.41, 5.74) is 5.94. The van der Waals surface area contributed by atoms with Crippen LogP contribution in [0.4, 0.5) is 0 Å². The van der Waals surface area contributed by atoms with Gasteiger partial charge in [0, 0.05) is 40.3 Å². The van der Waals surface area contributed by atoms with Crippen LogP contribution in [0, 0.1) is 0 Å². The summed E-state index contributed by atoms with van der Waals surface area (Å²) in [5.74, 6) is -3.98. The molecule has 11 N–H and O–H groups in total. The molecule has 0 aliphatic carbocycles. The van der Waals surface area contributed by atoms with Crippen LogP contribution in [0.25, 0.3) is 0 Å². The maximum atomic E-state index is 12.6. The predicted octanol–water partition coefficient (Wildman–Crippen LogP) is 7.42. The Morgan fingerprint density at radius 3 is 1.44 bits per heavy atom. The van der Waals surface area contributed by atoms with Gasteiger partial charge in [-0.1, -0.05) is 108 Å². The fraction of sp³-hybridized carbons (Fsp3) is 0.450. The molecule has 0 spiro atoms. The maximum absolute atomic E-state index is 12.6. The maximum Gasteiger partial charge on any atom is 0.341 e. The molecule has 1 aliphatic heterocycles. The fourth-order valence-electron chi connectivity index (χ4n) is 5.99. The van der Waals surface area contributed by atoms with Crippen LogP contribution in [0.3, 0.4) is 0 Å². The summed E-state index contributed by atoms with van der Waals surface area (Å²) < 4.78 is 40.4. The molecule has 0 radical (unpaired) electrons. The average molecular weight is 1220 g/mol. The zero-order valence-corrected chi connectivity index (χ0v) is 49.4. The molecule has 2 amide bonds. The van der Waals surface area contributed by atoms with Crippen LogP contribution in [-0.2, 0) is 52.5 Å². The van der Waals surface area contributed by atoms with Crippen LogP contribution in [0.1, 0.15) is 140 Å². The minimum absolute atomic E-state index is 0. The van der Waals surface area contributed by atoms with Gasteiger partial charge in [-0.2, -0.15) is 0 Å². The van der Waals surface area contributed by atoms with Crippen molar-refractivity contribution in [3.8, 4) is 17.2 Å². The summed E-state index contributed by atoms with van der Waals surface area (Å²) >= 11 is 5.02. The molecule has 0 aromatic heterocycles. The van der Waals surface area contributed by atoms with E-state index < -0.39 is 72.2 Å². The molecule has 0 saturated carbocycles. The summed E-state index contributed by atoms with van der Waals surface area (Å²) in [5, 5.41) is 22.5. The summed E-state index contributed by atoms with van der Waals surface area (Å²) in [7, 11) is 1.27. The van der Waals surface area contributed by atoms with E-state index in [0.29, 0.717) is 19.6 Å². The zero-order chi connectivity index (χ0) is 61.2. The smallest absolute Gasteiger partial charge is 0.341 e. The monoisotopic (exact) mass is 1220 g/mol. The molecule has 3 atom stereocenters. The van der Waals surface area contributed by atoms with Crippen LogP contribution >= 0.6 is 11.6 Å². The summed E-state index contributed by atoms with van der Waals surface area (Å²) in [6.07, 6.45) is 12.1. The largest absolute Gasteiger partial charge is 0.465 e. The van der Waals surface area contributed by atoms with Gasteiger partial charge in [0.2, 0.25) is 5.24 Å². The lowest BCUT2D eigenvalue weighted by Crippen LogP contribution is -2.38. The molecular formula is C60H91ClN4O20. The second-order valence-electron chi connectivity index (χ2n) is 17.1. The molecule has 3 unspecified atom stereocenters. The van der Waals surface area contributed by atoms with E-state index in [1.807, 2.05) is 52.8 Å².